The first-order chi connectivity index (χ1) is 30.8. The van der Waals surface area contributed by atoms with Crippen LogP contribution >= 0.6 is 0 Å². The van der Waals surface area contributed by atoms with E-state index in [1.165, 1.54) is 161 Å². The van der Waals surface area contributed by atoms with Gasteiger partial charge in [-0.3, -0.25) is 9.59 Å². The standard InChI is InChI=1S/C53H98O10/c1-3-5-7-9-11-13-15-17-19-20-21-22-23-24-25-26-28-29-31-33-35-37-39-41-48(55)60-44-46(45-61-53-52(59)51(58)50(57)47(43-54)63-53)62-49(56)42-40-38-36-34-32-30-27-18-16-14-12-10-8-6-4-2/h26,28,33,35,46-47,50-54,57-59H,3-25,27,29-32,34,36-45H2,1-2H3/b28-26+,35-33+/t46-,47-,50+,51?,52?,53-/m0/s1. The van der Waals surface area contributed by atoms with E-state index in [-0.39, 0.29) is 26.1 Å². The van der Waals surface area contributed by atoms with Crippen molar-refractivity contribution in [1.82, 2.24) is 0 Å². The number of hydrogen-bond donors (Lipinski definition) is 4. The smallest absolute Gasteiger partial charge is 0.306 e. The Morgan fingerprint density at radius 2 is 0.873 bits per heavy atom. The van der Waals surface area contributed by atoms with Crippen molar-refractivity contribution in [3.8, 4) is 0 Å². The Morgan fingerprint density at radius 1 is 0.476 bits per heavy atom. The molecule has 0 saturated carbocycles. The summed E-state index contributed by atoms with van der Waals surface area (Å²) in [7, 11) is 0. The van der Waals surface area contributed by atoms with Crippen molar-refractivity contribution in [1.29, 1.82) is 0 Å². The maximum absolute atomic E-state index is 12.8. The number of carbonyl (C=O) groups excluding carboxylic acids is 2. The predicted molar refractivity (Wildman–Crippen MR) is 256 cm³/mol. The van der Waals surface area contributed by atoms with Crippen LogP contribution in [0.1, 0.15) is 245 Å². The highest BCUT2D eigenvalue weighted by Gasteiger charge is 2.44. The summed E-state index contributed by atoms with van der Waals surface area (Å²) in [6.07, 6.45) is 43.5. The molecule has 1 rings (SSSR count). The summed E-state index contributed by atoms with van der Waals surface area (Å²) in [6.45, 7) is 3.43. The van der Waals surface area contributed by atoms with Gasteiger partial charge in [-0.25, -0.2) is 0 Å². The number of carbonyl (C=O) groups is 2. The Bertz CT molecular complexity index is 1080. The summed E-state index contributed by atoms with van der Waals surface area (Å²) < 4.78 is 22.2. The highest BCUT2D eigenvalue weighted by Crippen LogP contribution is 2.23. The van der Waals surface area contributed by atoms with E-state index in [0.29, 0.717) is 12.8 Å². The molecule has 0 spiro atoms. The van der Waals surface area contributed by atoms with Crippen molar-refractivity contribution in [2.45, 2.75) is 282 Å². The van der Waals surface area contributed by atoms with Crippen molar-refractivity contribution < 1.29 is 49.0 Å². The van der Waals surface area contributed by atoms with Gasteiger partial charge in [-0.1, -0.05) is 212 Å². The van der Waals surface area contributed by atoms with Crippen molar-refractivity contribution in [2.75, 3.05) is 19.8 Å². The Kier molecular flexibility index (Phi) is 41.4. The second kappa shape index (κ2) is 44.0. The van der Waals surface area contributed by atoms with Crippen LogP contribution in [0, 0.1) is 0 Å². The monoisotopic (exact) mass is 895 g/mol. The molecule has 10 nitrogen and oxygen atoms in total. The minimum Gasteiger partial charge on any atom is -0.462 e. The summed E-state index contributed by atoms with van der Waals surface area (Å²) in [4.78, 5) is 25.4. The Hall–Kier alpha value is -1.82. The third-order valence-corrected chi connectivity index (χ3v) is 12.3. The molecule has 1 aliphatic rings. The fraction of sp³-hybridized carbons (Fsp3) is 0.887. The van der Waals surface area contributed by atoms with Crippen LogP contribution in [0.4, 0.5) is 0 Å². The minimum atomic E-state index is -1.60. The van der Waals surface area contributed by atoms with Crippen molar-refractivity contribution >= 4 is 11.9 Å². The second-order valence-corrected chi connectivity index (χ2v) is 18.3. The zero-order valence-corrected chi connectivity index (χ0v) is 40.6. The van der Waals surface area contributed by atoms with Gasteiger partial charge in [0.25, 0.3) is 0 Å². The molecule has 2 unspecified atom stereocenters. The number of rotatable bonds is 45. The fourth-order valence-electron chi connectivity index (χ4n) is 8.15. The highest BCUT2D eigenvalue weighted by molar-refractivity contribution is 5.70. The van der Waals surface area contributed by atoms with Gasteiger partial charge in [-0.15, -0.1) is 0 Å². The van der Waals surface area contributed by atoms with E-state index in [0.717, 1.165) is 44.9 Å². The lowest BCUT2D eigenvalue weighted by Crippen LogP contribution is -2.59. The molecule has 0 bridgehead atoms. The Labute approximate surface area is 385 Å². The third kappa shape index (κ3) is 35.1. The molecule has 0 radical (unpaired) electrons. The second-order valence-electron chi connectivity index (χ2n) is 18.3. The molecule has 1 heterocycles. The maximum Gasteiger partial charge on any atom is 0.306 e. The predicted octanol–water partition coefficient (Wildman–Crippen LogP) is 12.5. The molecule has 63 heavy (non-hydrogen) atoms. The van der Waals surface area contributed by atoms with Crippen LogP contribution in [0.3, 0.4) is 0 Å². The highest BCUT2D eigenvalue weighted by atomic mass is 16.7. The minimum absolute atomic E-state index is 0.219. The zero-order chi connectivity index (χ0) is 45.9. The molecule has 1 saturated heterocycles. The van der Waals surface area contributed by atoms with Gasteiger partial charge in [-0.05, 0) is 44.9 Å². The maximum atomic E-state index is 12.8. The quantitative estimate of drug-likeness (QED) is 0.0264. The van der Waals surface area contributed by atoms with Crippen LogP contribution in [0.25, 0.3) is 0 Å². The Balaban J connectivity index is 2.25. The normalized spacial score (nSPS) is 19.6. The lowest BCUT2D eigenvalue weighted by molar-refractivity contribution is -0.305. The molecule has 1 fully saturated rings. The number of esters is 2. The zero-order valence-electron chi connectivity index (χ0n) is 40.6. The number of unbranched alkanes of at least 4 members (excludes halogenated alkanes) is 30. The SMILES string of the molecule is CCCCCCCCCCCCCCCC/C=C/CC/C=C/CCCC(=O)OC[C@@H](CO[C@H]1O[C@@H](CO)[C@@H](O)C(O)C1O)OC(=O)CCCCCCCCCCCCCCCCC. The van der Waals surface area contributed by atoms with Gasteiger partial charge in [0.1, 0.15) is 31.0 Å². The Morgan fingerprint density at radius 3 is 1.33 bits per heavy atom. The van der Waals surface area contributed by atoms with Crippen LogP contribution in [0.2, 0.25) is 0 Å². The van der Waals surface area contributed by atoms with Crippen LogP contribution in [-0.2, 0) is 28.5 Å². The summed E-state index contributed by atoms with van der Waals surface area (Å²) in [5.41, 5.74) is 0. The summed E-state index contributed by atoms with van der Waals surface area (Å²) in [5.74, 6) is -0.843. The third-order valence-electron chi connectivity index (χ3n) is 12.3. The molecule has 0 aromatic heterocycles. The van der Waals surface area contributed by atoms with Gasteiger partial charge in [-0.2, -0.15) is 0 Å². The van der Waals surface area contributed by atoms with Crippen molar-refractivity contribution in [3.63, 3.8) is 0 Å². The van der Waals surface area contributed by atoms with E-state index in [4.69, 9.17) is 18.9 Å². The number of aliphatic hydroxyl groups excluding tert-OH is 4. The van der Waals surface area contributed by atoms with Crippen LogP contribution < -0.4 is 0 Å². The van der Waals surface area contributed by atoms with Gasteiger partial charge in [0.15, 0.2) is 12.4 Å². The first kappa shape index (κ1) is 59.2. The van der Waals surface area contributed by atoms with E-state index < -0.39 is 55.4 Å². The van der Waals surface area contributed by atoms with Crippen LogP contribution in [0.5, 0.6) is 0 Å². The van der Waals surface area contributed by atoms with Crippen molar-refractivity contribution in [2.24, 2.45) is 0 Å². The summed E-state index contributed by atoms with van der Waals surface area (Å²) in [5, 5.41) is 40.2. The average Bonchev–Trinajstić information content (AvgIpc) is 3.28. The molecule has 10 heteroatoms. The molecular weight excluding hydrogens is 797 g/mol. The first-order valence-electron chi connectivity index (χ1n) is 26.4. The molecule has 370 valence electrons. The molecule has 4 N–H and O–H groups in total. The van der Waals surface area contributed by atoms with Gasteiger partial charge >= 0.3 is 11.9 Å². The van der Waals surface area contributed by atoms with Gasteiger partial charge in [0, 0.05) is 12.8 Å². The lowest BCUT2D eigenvalue weighted by Gasteiger charge is -2.39. The molecule has 0 amide bonds. The van der Waals surface area contributed by atoms with E-state index in [9.17, 15) is 30.0 Å². The van der Waals surface area contributed by atoms with Gasteiger partial charge in [0.05, 0.1) is 13.2 Å². The van der Waals surface area contributed by atoms with E-state index in [1.807, 2.05) is 0 Å². The summed E-state index contributed by atoms with van der Waals surface area (Å²) >= 11 is 0. The number of ether oxygens (including phenoxy) is 4. The molecule has 6 atom stereocenters. The number of hydrogen-bond acceptors (Lipinski definition) is 10. The first-order valence-corrected chi connectivity index (χ1v) is 26.4. The lowest BCUT2D eigenvalue weighted by atomic mass is 9.99. The fourth-order valence-corrected chi connectivity index (χ4v) is 8.15. The van der Waals surface area contributed by atoms with E-state index in [2.05, 4.69) is 38.2 Å². The van der Waals surface area contributed by atoms with E-state index >= 15 is 0 Å². The van der Waals surface area contributed by atoms with Gasteiger partial charge in [0.2, 0.25) is 0 Å². The van der Waals surface area contributed by atoms with Crippen LogP contribution in [0.15, 0.2) is 24.3 Å². The molecule has 0 aromatic carbocycles. The number of allylic oxidation sites excluding steroid dienone is 4. The molecule has 1 aliphatic heterocycles. The summed E-state index contributed by atoms with van der Waals surface area (Å²) in [6, 6.07) is 0. The average molecular weight is 895 g/mol. The van der Waals surface area contributed by atoms with Crippen LogP contribution in [-0.4, -0.2) is 89.0 Å². The molecule has 0 aromatic rings. The van der Waals surface area contributed by atoms with Crippen molar-refractivity contribution in [3.05, 3.63) is 24.3 Å². The van der Waals surface area contributed by atoms with Gasteiger partial charge < -0.3 is 39.4 Å². The van der Waals surface area contributed by atoms with E-state index in [1.54, 1.807) is 0 Å². The molecule has 0 aliphatic carbocycles. The largest absolute Gasteiger partial charge is 0.462 e. The number of aliphatic hydroxyl groups is 4. The topological polar surface area (TPSA) is 152 Å². The molecular formula is C53H98O10.